The lowest BCUT2D eigenvalue weighted by molar-refractivity contribution is 1.23. The number of hydrogen-bond acceptors (Lipinski definition) is 2. The van der Waals surface area contributed by atoms with Gasteiger partial charge in [0.05, 0.1) is 5.04 Å². The van der Waals surface area contributed by atoms with Crippen LogP contribution in [-0.4, -0.2) is 10.8 Å². The molecule has 0 bridgehead atoms. The van der Waals surface area contributed by atoms with E-state index in [1.807, 2.05) is 13.8 Å². The van der Waals surface area contributed by atoms with Crippen molar-refractivity contribution >= 4 is 23.4 Å². The first-order valence-corrected chi connectivity index (χ1v) is 2.82. The molecule has 3 heteroatoms. The van der Waals surface area contributed by atoms with E-state index in [1.54, 1.807) is 6.92 Å². The molecule has 0 atom stereocenters. The molecule has 0 unspecified atom stereocenters. The summed E-state index contributed by atoms with van der Waals surface area (Å²) in [6.07, 6.45) is 0. The Morgan fingerprint density at radius 3 is 1.75 bits per heavy atom. The largest absolute Gasteiger partial charge is 0.160 e. The standard InChI is InChI=1S/C5H10N2S/c1-4(2)6-7-5(3)8/h1-3H3,(H,7,8). The molecule has 0 saturated heterocycles. The van der Waals surface area contributed by atoms with Crippen molar-refractivity contribution in [1.29, 1.82) is 0 Å². The van der Waals surface area contributed by atoms with Crippen molar-refractivity contribution in [2.75, 3.05) is 0 Å². The predicted octanol–water partition coefficient (Wildman–Crippen LogP) is 1.73. The summed E-state index contributed by atoms with van der Waals surface area (Å²) in [4.78, 5) is 0. The fourth-order valence-corrected chi connectivity index (χ4v) is 0.217. The van der Waals surface area contributed by atoms with Crippen molar-refractivity contribution < 1.29 is 0 Å². The van der Waals surface area contributed by atoms with Crippen LogP contribution < -0.4 is 0 Å². The Kier molecular flexibility index (Phi) is 3.52. The van der Waals surface area contributed by atoms with E-state index in [1.165, 1.54) is 0 Å². The monoisotopic (exact) mass is 130 g/mol. The van der Waals surface area contributed by atoms with Crippen LogP contribution in [0.1, 0.15) is 20.8 Å². The lowest BCUT2D eigenvalue weighted by Gasteiger charge is -1.82. The van der Waals surface area contributed by atoms with Crippen LogP contribution in [0.5, 0.6) is 0 Å². The molecule has 0 spiro atoms. The van der Waals surface area contributed by atoms with Gasteiger partial charge in [0.1, 0.15) is 0 Å². The van der Waals surface area contributed by atoms with E-state index < -0.39 is 0 Å². The minimum atomic E-state index is 0.686. The average molecular weight is 130 g/mol. The molecule has 0 N–H and O–H groups in total. The third-order valence-electron chi connectivity index (χ3n) is 0.395. The zero-order valence-electron chi connectivity index (χ0n) is 5.34. The van der Waals surface area contributed by atoms with Gasteiger partial charge in [0, 0.05) is 5.71 Å². The normalized spacial score (nSPS) is 11.2. The SMILES string of the molecule is CC(C)=N/N=C(/C)S. The maximum Gasteiger partial charge on any atom is 0.0897 e. The summed E-state index contributed by atoms with van der Waals surface area (Å²) >= 11 is 3.92. The molecule has 2 nitrogen and oxygen atoms in total. The molecule has 0 radical (unpaired) electrons. The maximum absolute atomic E-state index is 3.92. The van der Waals surface area contributed by atoms with Gasteiger partial charge in [-0.15, -0.1) is 17.7 Å². The topological polar surface area (TPSA) is 24.7 Å². The Morgan fingerprint density at radius 2 is 1.62 bits per heavy atom. The molecule has 8 heavy (non-hydrogen) atoms. The van der Waals surface area contributed by atoms with Crippen LogP contribution in [-0.2, 0) is 0 Å². The fraction of sp³-hybridized carbons (Fsp3) is 0.600. The van der Waals surface area contributed by atoms with Crippen LogP contribution in [0.15, 0.2) is 10.2 Å². The molecular formula is C5H10N2S. The first-order valence-electron chi connectivity index (χ1n) is 2.37. The van der Waals surface area contributed by atoms with E-state index in [0.717, 1.165) is 5.71 Å². The molecule has 0 amide bonds. The van der Waals surface area contributed by atoms with E-state index >= 15 is 0 Å². The average Bonchev–Trinajstić information content (AvgIpc) is 1.61. The fourth-order valence-electron chi connectivity index (χ4n) is 0.172. The summed E-state index contributed by atoms with van der Waals surface area (Å²) in [6, 6.07) is 0. The van der Waals surface area contributed by atoms with Crippen LogP contribution in [0.25, 0.3) is 0 Å². The lowest BCUT2D eigenvalue weighted by atomic mass is 10.5. The van der Waals surface area contributed by atoms with Gasteiger partial charge in [-0.1, -0.05) is 0 Å². The Hall–Kier alpha value is -0.310. The van der Waals surface area contributed by atoms with Gasteiger partial charge in [0.25, 0.3) is 0 Å². The smallest absolute Gasteiger partial charge is 0.0897 e. The molecule has 0 fully saturated rings. The van der Waals surface area contributed by atoms with Gasteiger partial charge < -0.3 is 0 Å². The molecule has 0 aliphatic rings. The number of thiol groups is 1. The van der Waals surface area contributed by atoms with Gasteiger partial charge in [-0.3, -0.25) is 0 Å². The second-order valence-corrected chi connectivity index (χ2v) is 2.34. The van der Waals surface area contributed by atoms with Crippen LogP contribution in [0, 0.1) is 0 Å². The van der Waals surface area contributed by atoms with Gasteiger partial charge in [0.15, 0.2) is 0 Å². The highest BCUT2D eigenvalue weighted by atomic mass is 32.1. The molecule has 0 rings (SSSR count). The van der Waals surface area contributed by atoms with Gasteiger partial charge in [-0.05, 0) is 20.8 Å². The molecule has 0 heterocycles. The summed E-state index contributed by atoms with van der Waals surface area (Å²) in [5.41, 5.74) is 0.943. The Bertz CT molecular complexity index is 102. The predicted molar refractivity (Wildman–Crippen MR) is 40.9 cm³/mol. The van der Waals surface area contributed by atoms with E-state index in [4.69, 9.17) is 0 Å². The number of rotatable bonds is 1. The first-order chi connectivity index (χ1) is 3.63. The third kappa shape index (κ3) is 5.69. The van der Waals surface area contributed by atoms with Crippen molar-refractivity contribution in [3.8, 4) is 0 Å². The summed E-state index contributed by atoms with van der Waals surface area (Å²) in [6.45, 7) is 5.57. The zero-order valence-corrected chi connectivity index (χ0v) is 6.24. The molecular weight excluding hydrogens is 120 g/mol. The molecule has 0 aromatic heterocycles. The van der Waals surface area contributed by atoms with Crippen molar-refractivity contribution in [3.05, 3.63) is 0 Å². The Morgan fingerprint density at radius 1 is 1.12 bits per heavy atom. The van der Waals surface area contributed by atoms with Crippen molar-refractivity contribution in [1.82, 2.24) is 0 Å². The minimum absolute atomic E-state index is 0.686. The second-order valence-electron chi connectivity index (χ2n) is 1.69. The lowest BCUT2D eigenvalue weighted by Crippen LogP contribution is -1.78. The number of hydrogen-bond donors (Lipinski definition) is 1. The van der Waals surface area contributed by atoms with Gasteiger partial charge in [-0.25, -0.2) is 0 Å². The highest BCUT2D eigenvalue weighted by molar-refractivity contribution is 7.96. The van der Waals surface area contributed by atoms with Gasteiger partial charge >= 0.3 is 0 Å². The third-order valence-corrected chi connectivity index (χ3v) is 0.484. The van der Waals surface area contributed by atoms with Crippen molar-refractivity contribution in [2.24, 2.45) is 10.2 Å². The van der Waals surface area contributed by atoms with E-state index in [9.17, 15) is 0 Å². The van der Waals surface area contributed by atoms with Gasteiger partial charge in [0.2, 0.25) is 0 Å². The van der Waals surface area contributed by atoms with Crippen LogP contribution in [0.4, 0.5) is 0 Å². The maximum atomic E-state index is 3.92. The summed E-state index contributed by atoms with van der Waals surface area (Å²) in [5, 5.41) is 8.13. The first kappa shape index (κ1) is 7.69. The van der Waals surface area contributed by atoms with E-state index in [2.05, 4.69) is 22.8 Å². The molecule has 46 valence electrons. The van der Waals surface area contributed by atoms with Crippen molar-refractivity contribution in [2.45, 2.75) is 20.8 Å². The molecule has 0 aliphatic carbocycles. The quantitative estimate of drug-likeness (QED) is 0.242. The zero-order chi connectivity index (χ0) is 6.57. The second kappa shape index (κ2) is 3.66. The molecule has 0 aliphatic heterocycles. The van der Waals surface area contributed by atoms with E-state index in [0.29, 0.717) is 5.04 Å². The summed E-state index contributed by atoms with van der Waals surface area (Å²) < 4.78 is 0. The number of nitrogens with zero attached hydrogens (tertiary/aromatic N) is 2. The minimum Gasteiger partial charge on any atom is -0.160 e. The van der Waals surface area contributed by atoms with Crippen LogP contribution in [0.2, 0.25) is 0 Å². The molecule has 0 aromatic carbocycles. The van der Waals surface area contributed by atoms with Crippen molar-refractivity contribution in [3.63, 3.8) is 0 Å². The molecule has 0 saturated carbocycles. The van der Waals surface area contributed by atoms with Gasteiger partial charge in [-0.2, -0.15) is 5.10 Å². The summed E-state index contributed by atoms with van der Waals surface area (Å²) in [7, 11) is 0. The highest BCUT2D eigenvalue weighted by Gasteiger charge is 1.75. The summed E-state index contributed by atoms with van der Waals surface area (Å²) in [5.74, 6) is 0. The van der Waals surface area contributed by atoms with Crippen LogP contribution in [0.3, 0.4) is 0 Å². The molecule has 0 aromatic rings. The Balaban J connectivity index is 3.76. The highest BCUT2D eigenvalue weighted by Crippen LogP contribution is 1.84. The van der Waals surface area contributed by atoms with Crippen LogP contribution >= 0.6 is 12.6 Å². The van der Waals surface area contributed by atoms with E-state index in [-0.39, 0.29) is 0 Å². The Labute approximate surface area is 55.1 Å².